The number of carbonyl (C=O) groups excluding carboxylic acids is 1. The van der Waals surface area contributed by atoms with Gasteiger partial charge in [-0.2, -0.15) is 0 Å². The smallest absolute Gasteiger partial charge is 0.338 e. The molecule has 0 fully saturated rings. The van der Waals surface area contributed by atoms with Gasteiger partial charge in [0.15, 0.2) is 4.80 Å². The van der Waals surface area contributed by atoms with E-state index in [0.29, 0.717) is 48.6 Å². The summed E-state index contributed by atoms with van der Waals surface area (Å²) in [4.78, 5) is 32.3. The number of halogens is 2. The van der Waals surface area contributed by atoms with Crippen LogP contribution >= 0.6 is 34.5 Å². The van der Waals surface area contributed by atoms with Gasteiger partial charge in [0.2, 0.25) is 0 Å². The first-order chi connectivity index (χ1) is 20.9. The molecular weight excluding hydrogens is 603 g/mol. The number of rotatable bonds is 7. The maximum absolute atomic E-state index is 14.1. The first-order valence-corrected chi connectivity index (χ1v) is 15.3. The van der Waals surface area contributed by atoms with E-state index in [1.165, 1.54) is 15.9 Å². The number of nitrogens with zero attached hydrogens (tertiary/aromatic N) is 2. The molecule has 0 saturated carbocycles. The monoisotopic (exact) mass is 628 g/mol. The van der Waals surface area contributed by atoms with Gasteiger partial charge in [0.25, 0.3) is 5.56 Å². The lowest BCUT2D eigenvalue weighted by molar-refractivity contribution is -0.139. The minimum Gasteiger partial charge on any atom is -0.488 e. The molecule has 1 aliphatic rings. The lowest BCUT2D eigenvalue weighted by Gasteiger charge is -2.25. The second-order valence-electron chi connectivity index (χ2n) is 9.93. The number of aromatic nitrogens is 1. The van der Waals surface area contributed by atoms with Crippen LogP contribution in [0.15, 0.2) is 106 Å². The van der Waals surface area contributed by atoms with Crippen molar-refractivity contribution in [1.29, 1.82) is 0 Å². The molecule has 6 rings (SSSR count). The van der Waals surface area contributed by atoms with E-state index in [1.807, 2.05) is 30.3 Å². The zero-order chi connectivity index (χ0) is 30.1. The summed E-state index contributed by atoms with van der Waals surface area (Å²) in [5.74, 6) is 0.0381. The third-order valence-corrected chi connectivity index (χ3v) is 8.80. The summed E-state index contributed by atoms with van der Waals surface area (Å²) in [6, 6.07) is 25.9. The van der Waals surface area contributed by atoms with Crippen molar-refractivity contribution in [2.45, 2.75) is 26.5 Å². The predicted molar refractivity (Wildman–Crippen MR) is 172 cm³/mol. The Balaban J connectivity index is 1.45. The Morgan fingerprint density at radius 2 is 1.79 bits per heavy atom. The van der Waals surface area contributed by atoms with E-state index in [2.05, 4.69) is 23.2 Å². The average Bonchev–Trinajstić information content (AvgIpc) is 3.30. The van der Waals surface area contributed by atoms with Gasteiger partial charge in [-0.05, 0) is 66.1 Å². The van der Waals surface area contributed by atoms with E-state index in [9.17, 15) is 9.59 Å². The van der Waals surface area contributed by atoms with Gasteiger partial charge in [-0.15, -0.1) is 0 Å². The van der Waals surface area contributed by atoms with E-state index in [1.54, 1.807) is 56.3 Å². The molecule has 0 amide bonds. The third-order valence-electron chi connectivity index (χ3n) is 7.24. The van der Waals surface area contributed by atoms with Crippen molar-refractivity contribution in [2.24, 2.45) is 4.99 Å². The number of allylic oxidation sites excluding steroid dienone is 1. The summed E-state index contributed by atoms with van der Waals surface area (Å²) in [5, 5.41) is 3.18. The molecular formula is C34H26Cl2N2O4S. The highest BCUT2D eigenvalue weighted by atomic mass is 35.5. The summed E-state index contributed by atoms with van der Waals surface area (Å²) in [5.41, 5.74) is 2.72. The van der Waals surface area contributed by atoms with Gasteiger partial charge in [-0.25, -0.2) is 9.79 Å². The zero-order valence-corrected chi connectivity index (χ0v) is 25.7. The number of benzene rings is 4. The van der Waals surface area contributed by atoms with Crippen LogP contribution < -0.4 is 19.6 Å². The Morgan fingerprint density at radius 3 is 2.60 bits per heavy atom. The van der Waals surface area contributed by atoms with Crippen molar-refractivity contribution in [3.05, 3.63) is 143 Å². The van der Waals surface area contributed by atoms with Gasteiger partial charge in [-0.3, -0.25) is 9.36 Å². The maximum atomic E-state index is 14.1. The van der Waals surface area contributed by atoms with Crippen LogP contribution in [-0.4, -0.2) is 17.1 Å². The number of hydrogen-bond donors (Lipinski definition) is 0. The number of ether oxygens (including phenoxy) is 2. The Hall–Kier alpha value is -4.17. The van der Waals surface area contributed by atoms with Crippen LogP contribution in [0.3, 0.4) is 0 Å². The molecule has 0 aliphatic carbocycles. The molecule has 0 radical (unpaired) electrons. The fraction of sp³-hybridized carbons (Fsp3) is 0.147. The van der Waals surface area contributed by atoms with E-state index in [0.717, 1.165) is 16.3 Å². The molecule has 1 aromatic heterocycles. The molecule has 9 heteroatoms. The molecule has 1 atom stereocenters. The molecule has 0 spiro atoms. The zero-order valence-electron chi connectivity index (χ0n) is 23.3. The van der Waals surface area contributed by atoms with Crippen LogP contribution in [0.2, 0.25) is 10.0 Å². The maximum Gasteiger partial charge on any atom is 0.338 e. The Labute approximate surface area is 261 Å². The van der Waals surface area contributed by atoms with E-state index >= 15 is 0 Å². The standard InChI is InChI=1S/C34H26Cl2N2O4S/c1-3-41-33(40)30-20(2)37-34-38(31(30)26-13-6-7-14-27(26)36)32(39)29(43-34)18-23-17-24(35)15-16-28(23)42-19-22-11-8-10-21-9-4-5-12-25(21)22/h4-18,31H,3,19H2,1-2H3/b29-18-/t31-/m1/s1. The highest BCUT2D eigenvalue weighted by Crippen LogP contribution is 2.34. The van der Waals surface area contributed by atoms with Gasteiger partial charge in [0.05, 0.1) is 22.4 Å². The first kappa shape index (κ1) is 28.9. The predicted octanol–water partition coefficient (Wildman–Crippen LogP) is 6.84. The lowest BCUT2D eigenvalue weighted by Crippen LogP contribution is -2.40. The summed E-state index contributed by atoms with van der Waals surface area (Å²) in [7, 11) is 0. The summed E-state index contributed by atoms with van der Waals surface area (Å²) in [6.45, 7) is 3.99. The molecule has 1 aliphatic heterocycles. The normalized spacial score (nSPS) is 14.9. The van der Waals surface area contributed by atoms with Crippen LogP contribution in [0.25, 0.3) is 16.8 Å². The van der Waals surface area contributed by atoms with Crippen molar-refractivity contribution >= 4 is 57.4 Å². The Bertz CT molecular complexity index is 2090. The molecule has 2 heterocycles. The SMILES string of the molecule is CCOC(=O)C1=C(C)N=c2s/c(=C\c3cc(Cl)ccc3OCc3cccc4ccccc34)c(=O)n2[C@@H]1c1ccccc1Cl. The number of thiazole rings is 1. The van der Waals surface area contributed by atoms with Crippen LogP contribution in [0.4, 0.5) is 0 Å². The second-order valence-corrected chi connectivity index (χ2v) is 11.8. The molecule has 216 valence electrons. The van der Waals surface area contributed by atoms with E-state index < -0.39 is 12.0 Å². The fourth-order valence-corrected chi connectivity index (χ4v) is 6.72. The molecule has 0 N–H and O–H groups in total. The average molecular weight is 630 g/mol. The summed E-state index contributed by atoms with van der Waals surface area (Å²) < 4.78 is 13.6. The Morgan fingerprint density at radius 1 is 1.02 bits per heavy atom. The highest BCUT2D eigenvalue weighted by molar-refractivity contribution is 7.07. The van der Waals surface area contributed by atoms with Crippen LogP contribution in [-0.2, 0) is 16.1 Å². The summed E-state index contributed by atoms with van der Waals surface area (Å²) >= 11 is 14.2. The number of hydrogen-bond acceptors (Lipinski definition) is 6. The van der Waals surface area contributed by atoms with E-state index in [-0.39, 0.29) is 17.7 Å². The molecule has 0 bridgehead atoms. The summed E-state index contributed by atoms with van der Waals surface area (Å²) in [6.07, 6.45) is 1.75. The number of esters is 1. The quantitative estimate of drug-likeness (QED) is 0.185. The Kier molecular flexibility index (Phi) is 8.21. The van der Waals surface area contributed by atoms with Crippen molar-refractivity contribution < 1.29 is 14.3 Å². The van der Waals surface area contributed by atoms with Crippen molar-refractivity contribution in [3.8, 4) is 5.75 Å². The molecule has 5 aromatic rings. The number of carbonyl (C=O) groups is 1. The lowest BCUT2D eigenvalue weighted by atomic mass is 9.96. The van der Waals surface area contributed by atoms with Crippen LogP contribution in [0.5, 0.6) is 5.75 Å². The van der Waals surface area contributed by atoms with Crippen molar-refractivity contribution in [2.75, 3.05) is 6.61 Å². The largest absolute Gasteiger partial charge is 0.488 e. The second kappa shape index (κ2) is 12.2. The fourth-order valence-electron chi connectivity index (χ4n) is 5.26. The van der Waals surface area contributed by atoms with Gasteiger partial charge < -0.3 is 9.47 Å². The molecule has 0 saturated heterocycles. The molecule has 43 heavy (non-hydrogen) atoms. The molecule has 4 aromatic carbocycles. The minimum absolute atomic E-state index is 0.186. The first-order valence-electron chi connectivity index (χ1n) is 13.7. The minimum atomic E-state index is -0.799. The molecule has 6 nitrogen and oxygen atoms in total. The van der Waals surface area contributed by atoms with Crippen LogP contribution in [0.1, 0.15) is 36.6 Å². The highest BCUT2D eigenvalue weighted by Gasteiger charge is 2.34. The number of fused-ring (bicyclic) bond motifs is 2. The van der Waals surface area contributed by atoms with Gasteiger partial charge in [0.1, 0.15) is 18.4 Å². The van der Waals surface area contributed by atoms with Crippen molar-refractivity contribution in [1.82, 2.24) is 4.57 Å². The molecule has 0 unspecified atom stereocenters. The van der Waals surface area contributed by atoms with E-state index in [4.69, 9.17) is 32.7 Å². The van der Waals surface area contributed by atoms with Gasteiger partial charge in [-0.1, -0.05) is 95.2 Å². The topological polar surface area (TPSA) is 69.9 Å². The van der Waals surface area contributed by atoms with Crippen molar-refractivity contribution in [3.63, 3.8) is 0 Å². The van der Waals surface area contributed by atoms with Gasteiger partial charge in [0, 0.05) is 15.6 Å². The van der Waals surface area contributed by atoms with Gasteiger partial charge >= 0.3 is 5.97 Å². The third kappa shape index (κ3) is 5.64. The van der Waals surface area contributed by atoms with Crippen LogP contribution in [0, 0.1) is 0 Å².